The number of carbonyl (C=O) groups is 1. The summed E-state index contributed by atoms with van der Waals surface area (Å²) in [5.74, 6) is -0.0859. The number of likely N-dealkylation sites (tertiary alicyclic amines) is 1. The second-order valence-electron chi connectivity index (χ2n) is 6.22. The molecule has 1 aromatic carbocycles. The summed E-state index contributed by atoms with van der Waals surface area (Å²) in [4.78, 5) is 32.8. The van der Waals surface area contributed by atoms with Crippen molar-refractivity contribution in [2.75, 3.05) is 6.54 Å². The Morgan fingerprint density at radius 1 is 1.35 bits per heavy atom. The summed E-state index contributed by atoms with van der Waals surface area (Å²) < 4.78 is 1.32. The average molecular weight is 408 g/mol. The molecule has 4 rings (SSSR count). The lowest BCUT2D eigenvalue weighted by Gasteiger charge is -2.24. The number of amides is 1. The molecule has 2 aromatic heterocycles. The molecule has 26 heavy (non-hydrogen) atoms. The number of carbonyl (C=O) groups excluding carboxylic acids is 1. The number of hydrogen-bond donors (Lipinski definition) is 0. The van der Waals surface area contributed by atoms with Crippen molar-refractivity contribution in [3.8, 4) is 0 Å². The zero-order valence-corrected chi connectivity index (χ0v) is 16.0. The number of hydrogen-bond acceptors (Lipinski definition) is 4. The van der Waals surface area contributed by atoms with E-state index in [1.807, 2.05) is 16.3 Å². The molecule has 0 radical (unpaired) electrons. The van der Waals surface area contributed by atoms with Crippen LogP contribution in [0.15, 0.2) is 40.8 Å². The van der Waals surface area contributed by atoms with Crippen LogP contribution < -0.4 is 5.56 Å². The summed E-state index contributed by atoms with van der Waals surface area (Å²) in [6.45, 7) is 0.655. The number of thiophene rings is 1. The van der Waals surface area contributed by atoms with Gasteiger partial charge in [0, 0.05) is 16.4 Å². The first-order valence-electron chi connectivity index (χ1n) is 8.21. The molecule has 1 saturated heterocycles. The Hall–Kier alpha value is -1.89. The molecule has 8 heteroatoms. The SMILES string of the molecule is O=C(Cn1cnc2c(Cl)cc(Cl)cc2c1=O)N1CCCC1c1cccs1. The van der Waals surface area contributed by atoms with Gasteiger partial charge in [0.1, 0.15) is 6.54 Å². The highest BCUT2D eigenvalue weighted by atomic mass is 35.5. The summed E-state index contributed by atoms with van der Waals surface area (Å²) in [6, 6.07) is 7.21. The normalized spacial score (nSPS) is 17.2. The van der Waals surface area contributed by atoms with E-state index in [-0.39, 0.29) is 24.1 Å². The van der Waals surface area contributed by atoms with E-state index in [0.717, 1.165) is 12.8 Å². The van der Waals surface area contributed by atoms with Gasteiger partial charge in [-0.15, -0.1) is 11.3 Å². The highest BCUT2D eigenvalue weighted by Gasteiger charge is 2.30. The van der Waals surface area contributed by atoms with Crippen LogP contribution in [-0.2, 0) is 11.3 Å². The topological polar surface area (TPSA) is 55.2 Å². The molecule has 3 aromatic rings. The van der Waals surface area contributed by atoms with Crippen molar-refractivity contribution in [1.29, 1.82) is 0 Å². The van der Waals surface area contributed by atoms with Gasteiger partial charge in [0.2, 0.25) is 5.91 Å². The minimum absolute atomic E-state index is 0.0478. The maximum atomic E-state index is 12.8. The molecule has 1 fully saturated rings. The van der Waals surface area contributed by atoms with E-state index in [4.69, 9.17) is 23.2 Å². The summed E-state index contributed by atoms with van der Waals surface area (Å²) in [7, 11) is 0. The second-order valence-corrected chi connectivity index (χ2v) is 8.04. The van der Waals surface area contributed by atoms with Gasteiger partial charge in [0.05, 0.1) is 28.3 Å². The molecule has 0 spiro atoms. The van der Waals surface area contributed by atoms with Gasteiger partial charge in [0.25, 0.3) is 5.56 Å². The van der Waals surface area contributed by atoms with E-state index in [2.05, 4.69) is 11.1 Å². The van der Waals surface area contributed by atoms with Gasteiger partial charge in [0.15, 0.2) is 0 Å². The average Bonchev–Trinajstić information content (AvgIpc) is 3.28. The monoisotopic (exact) mass is 407 g/mol. The molecule has 0 aliphatic carbocycles. The third-order valence-corrected chi connectivity index (χ3v) is 6.08. The number of halogens is 2. The molecule has 1 amide bonds. The molecular weight excluding hydrogens is 393 g/mol. The lowest BCUT2D eigenvalue weighted by molar-refractivity contribution is -0.132. The summed E-state index contributed by atoms with van der Waals surface area (Å²) in [5.41, 5.74) is 0.0713. The van der Waals surface area contributed by atoms with E-state index in [0.29, 0.717) is 27.5 Å². The zero-order valence-electron chi connectivity index (χ0n) is 13.7. The molecule has 134 valence electrons. The molecule has 0 N–H and O–H groups in total. The first-order valence-corrected chi connectivity index (χ1v) is 9.85. The number of benzene rings is 1. The van der Waals surface area contributed by atoms with E-state index in [1.165, 1.54) is 21.8 Å². The van der Waals surface area contributed by atoms with Crippen molar-refractivity contribution >= 4 is 51.3 Å². The molecule has 1 aliphatic heterocycles. The third kappa shape index (κ3) is 3.13. The van der Waals surface area contributed by atoms with Crippen LogP contribution in [0.5, 0.6) is 0 Å². The number of rotatable bonds is 3. The Balaban J connectivity index is 1.64. The van der Waals surface area contributed by atoms with Gasteiger partial charge in [-0.05, 0) is 36.4 Å². The Bertz CT molecular complexity index is 1030. The lowest BCUT2D eigenvalue weighted by Crippen LogP contribution is -2.36. The van der Waals surface area contributed by atoms with Crippen molar-refractivity contribution in [2.24, 2.45) is 0 Å². The highest BCUT2D eigenvalue weighted by molar-refractivity contribution is 7.10. The lowest BCUT2D eigenvalue weighted by atomic mass is 10.2. The summed E-state index contributed by atoms with van der Waals surface area (Å²) in [6.07, 6.45) is 3.28. The Morgan fingerprint density at radius 2 is 2.19 bits per heavy atom. The van der Waals surface area contributed by atoms with E-state index < -0.39 is 0 Å². The fraction of sp³-hybridized carbons (Fsp3) is 0.278. The van der Waals surface area contributed by atoms with E-state index in [1.54, 1.807) is 17.4 Å². The van der Waals surface area contributed by atoms with Crippen LogP contribution in [0.1, 0.15) is 23.8 Å². The fourth-order valence-corrected chi connectivity index (χ4v) is 4.80. The summed E-state index contributed by atoms with van der Waals surface area (Å²) in [5, 5.41) is 3.01. The van der Waals surface area contributed by atoms with Crippen molar-refractivity contribution < 1.29 is 4.79 Å². The number of nitrogens with zero attached hydrogens (tertiary/aromatic N) is 3. The minimum Gasteiger partial charge on any atom is -0.333 e. The molecule has 5 nitrogen and oxygen atoms in total. The maximum absolute atomic E-state index is 12.8. The van der Waals surface area contributed by atoms with Crippen LogP contribution >= 0.6 is 34.5 Å². The first kappa shape index (κ1) is 17.5. The largest absolute Gasteiger partial charge is 0.333 e. The molecule has 0 bridgehead atoms. The highest BCUT2D eigenvalue weighted by Crippen LogP contribution is 2.34. The third-order valence-electron chi connectivity index (χ3n) is 4.60. The van der Waals surface area contributed by atoms with E-state index in [9.17, 15) is 9.59 Å². The molecule has 0 saturated carbocycles. The van der Waals surface area contributed by atoms with Gasteiger partial charge in [-0.2, -0.15) is 0 Å². The van der Waals surface area contributed by atoms with Crippen molar-refractivity contribution in [3.63, 3.8) is 0 Å². The van der Waals surface area contributed by atoms with Crippen LogP contribution in [0.25, 0.3) is 10.9 Å². The van der Waals surface area contributed by atoms with Gasteiger partial charge in [-0.1, -0.05) is 29.3 Å². The van der Waals surface area contributed by atoms with Gasteiger partial charge in [-0.25, -0.2) is 4.98 Å². The smallest absolute Gasteiger partial charge is 0.261 e. The predicted molar refractivity (Wildman–Crippen MR) is 104 cm³/mol. The van der Waals surface area contributed by atoms with Crippen LogP contribution in [-0.4, -0.2) is 26.9 Å². The van der Waals surface area contributed by atoms with Gasteiger partial charge >= 0.3 is 0 Å². The van der Waals surface area contributed by atoms with Crippen molar-refractivity contribution in [3.05, 3.63) is 61.2 Å². The van der Waals surface area contributed by atoms with E-state index >= 15 is 0 Å². The van der Waals surface area contributed by atoms with Gasteiger partial charge in [-0.3, -0.25) is 14.2 Å². The predicted octanol–water partition coefficient (Wildman–Crippen LogP) is 4.13. The zero-order chi connectivity index (χ0) is 18.3. The Labute approximate surface area is 163 Å². The molecule has 3 heterocycles. The Kier molecular flexibility index (Phi) is 4.73. The molecule has 1 aliphatic rings. The van der Waals surface area contributed by atoms with Crippen molar-refractivity contribution in [1.82, 2.24) is 14.5 Å². The first-order chi connectivity index (χ1) is 12.5. The second kappa shape index (κ2) is 7.02. The van der Waals surface area contributed by atoms with Crippen LogP contribution in [0.2, 0.25) is 10.0 Å². The summed E-state index contributed by atoms with van der Waals surface area (Å²) >= 11 is 13.8. The molecule has 1 atom stereocenters. The number of aromatic nitrogens is 2. The molecular formula is C18H15Cl2N3O2S. The quantitative estimate of drug-likeness (QED) is 0.655. The van der Waals surface area contributed by atoms with Crippen LogP contribution in [0, 0.1) is 0 Å². The number of fused-ring (bicyclic) bond motifs is 1. The van der Waals surface area contributed by atoms with Gasteiger partial charge < -0.3 is 4.90 Å². The van der Waals surface area contributed by atoms with Crippen LogP contribution in [0.3, 0.4) is 0 Å². The fourth-order valence-electron chi connectivity index (χ4n) is 3.39. The van der Waals surface area contributed by atoms with Crippen LogP contribution in [0.4, 0.5) is 0 Å². The molecule has 1 unspecified atom stereocenters. The van der Waals surface area contributed by atoms with Crippen molar-refractivity contribution in [2.45, 2.75) is 25.4 Å². The maximum Gasteiger partial charge on any atom is 0.261 e. The Morgan fingerprint density at radius 3 is 2.96 bits per heavy atom. The minimum atomic E-state index is -0.320. The standard InChI is InChI=1S/C18H15Cl2N3O2S/c19-11-7-12-17(13(20)8-11)21-10-22(18(12)25)9-16(24)23-5-1-3-14(23)15-4-2-6-26-15/h2,4,6-8,10,14H,1,3,5,9H2.